The number of nitrogens with zero attached hydrogens (tertiary/aromatic N) is 2. The highest BCUT2D eigenvalue weighted by Crippen LogP contribution is 2.38. The first-order valence-corrected chi connectivity index (χ1v) is 10.2. The molecule has 1 aromatic carbocycles. The van der Waals surface area contributed by atoms with Gasteiger partial charge in [0.05, 0.1) is 23.4 Å². The molecule has 4 rings (SSSR count). The van der Waals surface area contributed by atoms with Crippen LogP contribution in [0.1, 0.15) is 50.3 Å². The molecular formula is C22H30N2O3. The minimum Gasteiger partial charge on any atom is -0.494 e. The van der Waals surface area contributed by atoms with Crippen LogP contribution >= 0.6 is 0 Å². The standard InChI is InChI=1S/C22H30N2O3/c1-15(2)12-16-4-5-20-18(13-16)21(19-14-27-9-3-8-23-19)22(25)24(20)17-6-10-26-11-7-17/h4-5,13,15,17,25H,3,6-12,14H2,1-2H3. The molecule has 5 heteroatoms. The molecule has 0 radical (unpaired) electrons. The van der Waals surface area contributed by atoms with E-state index in [0.717, 1.165) is 74.2 Å². The number of benzene rings is 1. The molecule has 0 atom stereocenters. The number of fused-ring (bicyclic) bond motifs is 1. The maximum absolute atomic E-state index is 11.3. The van der Waals surface area contributed by atoms with E-state index in [-0.39, 0.29) is 6.04 Å². The minimum atomic E-state index is 0.262. The van der Waals surface area contributed by atoms with Gasteiger partial charge in [0.2, 0.25) is 5.88 Å². The van der Waals surface area contributed by atoms with Crippen LogP contribution < -0.4 is 0 Å². The third-order valence-electron chi connectivity index (χ3n) is 5.52. The Labute approximate surface area is 161 Å². The Morgan fingerprint density at radius 1 is 1.19 bits per heavy atom. The van der Waals surface area contributed by atoms with Crippen molar-refractivity contribution in [2.75, 3.05) is 33.0 Å². The highest BCUT2D eigenvalue weighted by molar-refractivity contribution is 6.14. The highest BCUT2D eigenvalue weighted by atomic mass is 16.5. The molecule has 2 aliphatic rings. The Bertz CT molecular complexity index is 832. The summed E-state index contributed by atoms with van der Waals surface area (Å²) in [6, 6.07) is 6.88. The summed E-state index contributed by atoms with van der Waals surface area (Å²) in [5, 5.41) is 12.4. The maximum atomic E-state index is 11.3. The molecule has 0 aliphatic carbocycles. The van der Waals surface area contributed by atoms with Crippen molar-refractivity contribution in [1.29, 1.82) is 0 Å². The fourth-order valence-electron chi connectivity index (χ4n) is 4.29. The molecule has 5 nitrogen and oxygen atoms in total. The van der Waals surface area contributed by atoms with Crippen LogP contribution in [-0.2, 0) is 15.9 Å². The lowest BCUT2D eigenvalue weighted by Crippen LogP contribution is -2.19. The van der Waals surface area contributed by atoms with Gasteiger partial charge in [-0.1, -0.05) is 19.9 Å². The number of aromatic hydroxyl groups is 1. The van der Waals surface area contributed by atoms with Crippen LogP contribution in [0.4, 0.5) is 0 Å². The van der Waals surface area contributed by atoms with Gasteiger partial charge in [0.15, 0.2) is 0 Å². The van der Waals surface area contributed by atoms with Crippen LogP contribution in [0, 0.1) is 5.92 Å². The van der Waals surface area contributed by atoms with Gasteiger partial charge < -0.3 is 19.1 Å². The molecule has 1 saturated heterocycles. The molecule has 3 heterocycles. The van der Waals surface area contributed by atoms with Crippen molar-refractivity contribution >= 4 is 16.6 Å². The molecule has 1 fully saturated rings. The summed E-state index contributed by atoms with van der Waals surface area (Å²) in [5.74, 6) is 0.929. The molecule has 1 N–H and O–H groups in total. The second-order valence-electron chi connectivity index (χ2n) is 8.10. The summed E-state index contributed by atoms with van der Waals surface area (Å²) >= 11 is 0. The Morgan fingerprint density at radius 2 is 2.00 bits per heavy atom. The van der Waals surface area contributed by atoms with Crippen molar-refractivity contribution in [3.8, 4) is 5.88 Å². The van der Waals surface area contributed by atoms with E-state index in [1.165, 1.54) is 5.56 Å². The summed E-state index contributed by atoms with van der Waals surface area (Å²) in [4.78, 5) is 4.75. The van der Waals surface area contributed by atoms with E-state index in [9.17, 15) is 5.11 Å². The Balaban J connectivity index is 1.87. The molecule has 27 heavy (non-hydrogen) atoms. The van der Waals surface area contributed by atoms with Gasteiger partial charge in [0.1, 0.15) is 0 Å². The van der Waals surface area contributed by atoms with Gasteiger partial charge in [-0.25, -0.2) is 0 Å². The van der Waals surface area contributed by atoms with Crippen LogP contribution in [-0.4, -0.2) is 48.4 Å². The molecule has 146 valence electrons. The molecule has 2 aromatic rings. The van der Waals surface area contributed by atoms with Crippen molar-refractivity contribution in [1.82, 2.24) is 4.57 Å². The summed E-state index contributed by atoms with van der Waals surface area (Å²) in [6.07, 6.45) is 3.81. The van der Waals surface area contributed by atoms with Crippen molar-refractivity contribution < 1.29 is 14.6 Å². The van der Waals surface area contributed by atoms with Gasteiger partial charge in [-0.2, -0.15) is 0 Å². The topological polar surface area (TPSA) is 56.0 Å². The van der Waals surface area contributed by atoms with E-state index >= 15 is 0 Å². The van der Waals surface area contributed by atoms with E-state index in [2.05, 4.69) is 36.6 Å². The fourth-order valence-corrected chi connectivity index (χ4v) is 4.29. The predicted octanol–water partition coefficient (Wildman–Crippen LogP) is 4.11. The van der Waals surface area contributed by atoms with Gasteiger partial charge in [0, 0.05) is 37.8 Å². The largest absolute Gasteiger partial charge is 0.494 e. The number of hydrogen-bond acceptors (Lipinski definition) is 4. The summed E-state index contributed by atoms with van der Waals surface area (Å²) in [7, 11) is 0. The third-order valence-corrected chi connectivity index (χ3v) is 5.52. The molecule has 0 saturated carbocycles. The van der Waals surface area contributed by atoms with Gasteiger partial charge in [-0.3, -0.25) is 4.99 Å². The maximum Gasteiger partial charge on any atom is 0.201 e. The zero-order chi connectivity index (χ0) is 18.8. The zero-order valence-electron chi connectivity index (χ0n) is 16.4. The van der Waals surface area contributed by atoms with Gasteiger partial charge >= 0.3 is 0 Å². The Hall–Kier alpha value is -1.85. The minimum absolute atomic E-state index is 0.262. The van der Waals surface area contributed by atoms with E-state index in [4.69, 9.17) is 14.5 Å². The molecule has 1 aromatic heterocycles. The first-order chi connectivity index (χ1) is 13.1. The molecule has 0 unspecified atom stereocenters. The number of ether oxygens (including phenoxy) is 2. The average Bonchev–Trinajstić information content (AvgIpc) is 2.80. The second-order valence-corrected chi connectivity index (χ2v) is 8.10. The molecule has 0 bridgehead atoms. The van der Waals surface area contributed by atoms with Crippen molar-refractivity contribution in [3.63, 3.8) is 0 Å². The fraction of sp³-hybridized carbons (Fsp3) is 0.591. The van der Waals surface area contributed by atoms with E-state index in [1.807, 2.05) is 0 Å². The van der Waals surface area contributed by atoms with Crippen LogP contribution in [0.15, 0.2) is 23.2 Å². The summed E-state index contributed by atoms with van der Waals surface area (Å²) in [5.41, 5.74) is 4.14. The lowest BCUT2D eigenvalue weighted by atomic mass is 9.99. The number of aliphatic imine (C=N–C) groups is 1. The van der Waals surface area contributed by atoms with Gasteiger partial charge in [0.25, 0.3) is 0 Å². The molecule has 0 spiro atoms. The van der Waals surface area contributed by atoms with Gasteiger partial charge in [-0.05, 0) is 49.3 Å². The van der Waals surface area contributed by atoms with E-state index in [1.54, 1.807) is 0 Å². The first-order valence-electron chi connectivity index (χ1n) is 10.2. The quantitative estimate of drug-likeness (QED) is 0.881. The predicted molar refractivity (Wildman–Crippen MR) is 108 cm³/mol. The van der Waals surface area contributed by atoms with Crippen LogP contribution in [0.3, 0.4) is 0 Å². The third kappa shape index (κ3) is 3.76. The molecule has 2 aliphatic heterocycles. The normalized spacial score (nSPS) is 19.4. The summed E-state index contributed by atoms with van der Waals surface area (Å²) < 4.78 is 13.4. The zero-order valence-corrected chi connectivity index (χ0v) is 16.4. The van der Waals surface area contributed by atoms with Gasteiger partial charge in [-0.15, -0.1) is 0 Å². The van der Waals surface area contributed by atoms with E-state index < -0.39 is 0 Å². The summed E-state index contributed by atoms with van der Waals surface area (Å²) in [6.45, 7) is 7.91. The first kappa shape index (κ1) is 18.5. The Morgan fingerprint density at radius 3 is 2.78 bits per heavy atom. The molecular weight excluding hydrogens is 340 g/mol. The number of aromatic nitrogens is 1. The average molecular weight is 370 g/mol. The van der Waals surface area contributed by atoms with Crippen molar-refractivity contribution in [2.45, 2.75) is 45.6 Å². The van der Waals surface area contributed by atoms with E-state index in [0.29, 0.717) is 18.4 Å². The second kappa shape index (κ2) is 8.03. The van der Waals surface area contributed by atoms with Crippen LogP contribution in [0.25, 0.3) is 10.9 Å². The van der Waals surface area contributed by atoms with Crippen molar-refractivity contribution in [2.24, 2.45) is 10.9 Å². The lowest BCUT2D eigenvalue weighted by Gasteiger charge is -2.25. The molecule has 0 amide bonds. The SMILES string of the molecule is CC(C)Cc1ccc2c(c1)c(C1=NCCCOC1)c(O)n2C1CCOCC1. The number of rotatable bonds is 4. The Kier molecular flexibility index (Phi) is 5.50. The smallest absolute Gasteiger partial charge is 0.201 e. The van der Waals surface area contributed by atoms with Crippen LogP contribution in [0.5, 0.6) is 5.88 Å². The van der Waals surface area contributed by atoms with Crippen molar-refractivity contribution in [3.05, 3.63) is 29.3 Å². The lowest BCUT2D eigenvalue weighted by molar-refractivity contribution is 0.0688. The number of hydrogen-bond donors (Lipinski definition) is 1. The highest BCUT2D eigenvalue weighted by Gasteiger charge is 2.27. The monoisotopic (exact) mass is 370 g/mol. The van der Waals surface area contributed by atoms with Crippen LogP contribution in [0.2, 0.25) is 0 Å².